The molecule has 0 radical (unpaired) electrons. The molecule has 2 amide bonds. The Morgan fingerprint density at radius 2 is 2.30 bits per heavy atom. The van der Waals surface area contributed by atoms with Crippen LogP contribution in [0.3, 0.4) is 0 Å². The lowest BCUT2D eigenvalue weighted by atomic mass is 9.93. The molecule has 0 aromatic carbocycles. The van der Waals surface area contributed by atoms with Crippen molar-refractivity contribution >= 4 is 17.9 Å². The Balaban J connectivity index is 1.84. The summed E-state index contributed by atoms with van der Waals surface area (Å²) in [5.41, 5.74) is 0. The van der Waals surface area contributed by atoms with Crippen LogP contribution in [0, 0.1) is 5.92 Å². The van der Waals surface area contributed by atoms with Crippen molar-refractivity contribution in [2.75, 3.05) is 18.4 Å². The quantitative estimate of drug-likeness (QED) is 0.822. The van der Waals surface area contributed by atoms with Gasteiger partial charge in [0.2, 0.25) is 0 Å². The molecular formula is C11H18N6O3. The summed E-state index contributed by atoms with van der Waals surface area (Å²) in [4.78, 5) is 25.6. The van der Waals surface area contributed by atoms with Gasteiger partial charge in [0.1, 0.15) is 0 Å². The highest BCUT2D eigenvalue weighted by Crippen LogP contribution is 2.21. The van der Waals surface area contributed by atoms with Crippen molar-refractivity contribution in [3.63, 3.8) is 0 Å². The minimum atomic E-state index is -0.796. The van der Waals surface area contributed by atoms with Crippen LogP contribution >= 0.6 is 0 Å². The Morgan fingerprint density at radius 3 is 2.95 bits per heavy atom. The zero-order valence-corrected chi connectivity index (χ0v) is 11.3. The molecule has 1 fully saturated rings. The third-order valence-corrected chi connectivity index (χ3v) is 3.30. The number of amides is 2. The molecule has 1 aliphatic heterocycles. The van der Waals surface area contributed by atoms with Gasteiger partial charge in [0.05, 0.1) is 7.05 Å². The number of tetrazole rings is 1. The third-order valence-electron chi connectivity index (χ3n) is 3.30. The number of nitrogens with zero attached hydrogens (tertiary/aromatic N) is 5. The molecule has 9 nitrogen and oxygen atoms in total. The Morgan fingerprint density at radius 1 is 1.50 bits per heavy atom. The summed E-state index contributed by atoms with van der Waals surface area (Å²) in [6.45, 7) is 1.23. The molecular weight excluding hydrogens is 264 g/mol. The molecule has 1 aromatic rings. The molecule has 0 spiro atoms. The molecule has 2 N–H and O–H groups in total. The van der Waals surface area contributed by atoms with Gasteiger partial charge in [-0.05, 0) is 30.4 Å². The molecule has 20 heavy (non-hydrogen) atoms. The number of aryl methyl sites for hydroxylation is 1. The first-order chi connectivity index (χ1) is 9.54. The highest BCUT2D eigenvalue weighted by Gasteiger charge is 2.24. The molecule has 2 rings (SSSR count). The summed E-state index contributed by atoms with van der Waals surface area (Å²) in [5, 5.41) is 22.5. The van der Waals surface area contributed by atoms with E-state index in [0.717, 1.165) is 12.8 Å². The van der Waals surface area contributed by atoms with E-state index in [1.807, 2.05) is 0 Å². The summed E-state index contributed by atoms with van der Waals surface area (Å²) in [6, 6.07) is -0.266. The van der Waals surface area contributed by atoms with Gasteiger partial charge in [-0.1, -0.05) is 5.10 Å². The molecule has 1 saturated heterocycles. The molecule has 0 aliphatic carbocycles. The number of hydrogen-bond acceptors (Lipinski definition) is 5. The number of piperidine rings is 1. The number of carbonyl (C=O) groups is 2. The standard InChI is InChI=1S/C11H18N6O3/c1-16-14-10(13-15-16)12-11(20)17-6-2-3-8(7-17)4-5-9(18)19/h8H,2-7H2,1H3,(H,18,19)(H,12,14,20). The van der Waals surface area contributed by atoms with Gasteiger partial charge in [-0.3, -0.25) is 10.1 Å². The normalized spacial score (nSPS) is 18.9. The van der Waals surface area contributed by atoms with Crippen molar-refractivity contribution in [3.05, 3.63) is 0 Å². The number of hydrogen-bond donors (Lipinski definition) is 2. The monoisotopic (exact) mass is 282 g/mol. The minimum Gasteiger partial charge on any atom is -0.481 e. The van der Waals surface area contributed by atoms with Gasteiger partial charge in [0, 0.05) is 19.5 Å². The number of carbonyl (C=O) groups excluding carboxylic acids is 1. The molecule has 0 saturated carbocycles. The predicted octanol–water partition coefficient (Wildman–Crippen LogP) is 0.319. The van der Waals surface area contributed by atoms with Crippen LogP contribution in [0.25, 0.3) is 0 Å². The van der Waals surface area contributed by atoms with Crippen molar-refractivity contribution < 1.29 is 14.7 Å². The van der Waals surface area contributed by atoms with E-state index < -0.39 is 5.97 Å². The minimum absolute atomic E-state index is 0.145. The van der Waals surface area contributed by atoms with Crippen molar-refractivity contribution in [2.24, 2.45) is 13.0 Å². The number of likely N-dealkylation sites (tertiary alicyclic amines) is 1. The number of carboxylic acids is 1. The number of urea groups is 1. The van der Waals surface area contributed by atoms with E-state index in [1.54, 1.807) is 11.9 Å². The summed E-state index contributed by atoms with van der Waals surface area (Å²) < 4.78 is 0. The first-order valence-electron chi connectivity index (χ1n) is 6.56. The third kappa shape index (κ3) is 3.90. The Bertz CT molecular complexity index is 488. The molecule has 1 atom stereocenters. The van der Waals surface area contributed by atoms with Gasteiger partial charge in [-0.2, -0.15) is 4.80 Å². The smallest absolute Gasteiger partial charge is 0.324 e. The molecule has 110 valence electrons. The average Bonchev–Trinajstić information content (AvgIpc) is 2.82. The van der Waals surface area contributed by atoms with Gasteiger partial charge in [0.25, 0.3) is 5.95 Å². The molecule has 1 aliphatic rings. The zero-order chi connectivity index (χ0) is 14.5. The molecule has 1 aromatic heterocycles. The maximum Gasteiger partial charge on any atom is 0.324 e. The van der Waals surface area contributed by atoms with Crippen LogP contribution in [0.4, 0.5) is 10.7 Å². The van der Waals surface area contributed by atoms with E-state index in [2.05, 4.69) is 20.7 Å². The second-order valence-electron chi connectivity index (χ2n) is 4.92. The van der Waals surface area contributed by atoms with Crippen molar-refractivity contribution in [3.8, 4) is 0 Å². The van der Waals surface area contributed by atoms with E-state index in [4.69, 9.17) is 5.11 Å². The van der Waals surface area contributed by atoms with Crippen molar-refractivity contribution in [2.45, 2.75) is 25.7 Å². The van der Waals surface area contributed by atoms with E-state index in [9.17, 15) is 9.59 Å². The van der Waals surface area contributed by atoms with Crippen LogP contribution in [-0.2, 0) is 11.8 Å². The lowest BCUT2D eigenvalue weighted by Crippen LogP contribution is -2.42. The first kappa shape index (κ1) is 14.2. The molecule has 2 heterocycles. The fourth-order valence-corrected chi connectivity index (χ4v) is 2.32. The topological polar surface area (TPSA) is 113 Å². The maximum absolute atomic E-state index is 12.0. The van der Waals surface area contributed by atoms with Crippen LogP contribution in [0.15, 0.2) is 0 Å². The Kier molecular flexibility index (Phi) is 4.49. The summed E-state index contributed by atoms with van der Waals surface area (Å²) >= 11 is 0. The lowest BCUT2D eigenvalue weighted by molar-refractivity contribution is -0.137. The lowest BCUT2D eigenvalue weighted by Gasteiger charge is -2.32. The Labute approximate surface area is 115 Å². The number of rotatable bonds is 4. The van der Waals surface area contributed by atoms with E-state index in [1.165, 1.54) is 4.80 Å². The number of nitrogens with one attached hydrogen (secondary N) is 1. The van der Waals surface area contributed by atoms with Crippen LogP contribution in [0.1, 0.15) is 25.7 Å². The van der Waals surface area contributed by atoms with Crippen LogP contribution in [0.2, 0.25) is 0 Å². The number of aromatic nitrogens is 4. The first-order valence-corrected chi connectivity index (χ1v) is 6.56. The van der Waals surface area contributed by atoms with E-state index >= 15 is 0 Å². The van der Waals surface area contributed by atoms with Crippen molar-refractivity contribution in [1.82, 2.24) is 25.1 Å². The van der Waals surface area contributed by atoms with E-state index in [-0.39, 0.29) is 24.3 Å². The summed E-state index contributed by atoms with van der Waals surface area (Å²) in [6.07, 6.45) is 2.58. The highest BCUT2D eigenvalue weighted by atomic mass is 16.4. The number of anilines is 1. The second-order valence-corrected chi connectivity index (χ2v) is 4.92. The van der Waals surface area contributed by atoms with Crippen LogP contribution in [-0.4, -0.2) is 55.3 Å². The second kappa shape index (κ2) is 6.31. The van der Waals surface area contributed by atoms with Crippen molar-refractivity contribution in [1.29, 1.82) is 0 Å². The largest absolute Gasteiger partial charge is 0.481 e. The van der Waals surface area contributed by atoms with Gasteiger partial charge >= 0.3 is 12.0 Å². The Hall–Kier alpha value is -2.19. The van der Waals surface area contributed by atoms with Gasteiger partial charge in [0.15, 0.2) is 0 Å². The van der Waals surface area contributed by atoms with Gasteiger partial charge in [-0.25, -0.2) is 4.79 Å². The number of aliphatic carboxylic acids is 1. The maximum atomic E-state index is 12.0. The highest BCUT2D eigenvalue weighted by molar-refractivity contribution is 5.87. The summed E-state index contributed by atoms with van der Waals surface area (Å²) in [7, 11) is 1.62. The van der Waals surface area contributed by atoms with Crippen LogP contribution in [0.5, 0.6) is 0 Å². The van der Waals surface area contributed by atoms with Gasteiger partial charge < -0.3 is 10.0 Å². The fraction of sp³-hybridized carbons (Fsp3) is 0.727. The van der Waals surface area contributed by atoms with Crippen LogP contribution < -0.4 is 5.32 Å². The molecule has 9 heteroatoms. The summed E-state index contributed by atoms with van der Waals surface area (Å²) in [5.74, 6) is -0.388. The molecule has 1 unspecified atom stereocenters. The molecule has 0 bridgehead atoms. The number of carboxylic acid groups (broad SMARTS) is 1. The SMILES string of the molecule is Cn1nnc(NC(=O)N2CCCC(CCC(=O)O)C2)n1. The van der Waals surface area contributed by atoms with Gasteiger partial charge in [-0.15, -0.1) is 5.10 Å². The fourth-order valence-electron chi connectivity index (χ4n) is 2.32. The zero-order valence-electron chi connectivity index (χ0n) is 11.3. The predicted molar refractivity (Wildman–Crippen MR) is 69.0 cm³/mol. The van der Waals surface area contributed by atoms with E-state index in [0.29, 0.717) is 19.5 Å². The average molecular weight is 282 g/mol.